The van der Waals surface area contributed by atoms with Crippen LogP contribution >= 0.6 is 0 Å². The molecule has 0 saturated carbocycles. The van der Waals surface area contributed by atoms with Crippen molar-refractivity contribution >= 4 is 11.5 Å². The largest absolute Gasteiger partial charge is 0.359 e. The standard InChI is InChI=1S/C19H16FN3O2/c1-13-10-18(21-12-17(13)23(24)25)22-19(14-6-3-2-4-7-14)15-8-5-9-16(20)11-15/h2-12,19H,1H3,(H,21,22). The maximum absolute atomic E-state index is 13.7. The lowest BCUT2D eigenvalue weighted by Gasteiger charge is -2.20. The van der Waals surface area contributed by atoms with Gasteiger partial charge in [-0.1, -0.05) is 42.5 Å². The molecule has 0 radical (unpaired) electrons. The van der Waals surface area contributed by atoms with Crippen LogP contribution in [0.3, 0.4) is 0 Å². The summed E-state index contributed by atoms with van der Waals surface area (Å²) in [5.74, 6) is 0.161. The summed E-state index contributed by atoms with van der Waals surface area (Å²) < 4.78 is 13.7. The smallest absolute Gasteiger partial charge is 0.290 e. The molecule has 0 amide bonds. The molecule has 0 aliphatic heterocycles. The van der Waals surface area contributed by atoms with Gasteiger partial charge in [0.1, 0.15) is 17.8 Å². The molecule has 1 aromatic heterocycles. The number of nitrogens with zero attached hydrogens (tertiary/aromatic N) is 2. The third kappa shape index (κ3) is 3.80. The zero-order valence-electron chi connectivity index (χ0n) is 13.5. The van der Waals surface area contributed by atoms with Crippen molar-refractivity contribution in [3.8, 4) is 0 Å². The van der Waals surface area contributed by atoms with E-state index < -0.39 is 4.92 Å². The van der Waals surface area contributed by atoms with Gasteiger partial charge >= 0.3 is 0 Å². The molecule has 25 heavy (non-hydrogen) atoms. The fourth-order valence-electron chi connectivity index (χ4n) is 2.66. The molecule has 0 bridgehead atoms. The SMILES string of the molecule is Cc1cc(NC(c2ccccc2)c2cccc(F)c2)ncc1[N+](=O)[O-]. The highest BCUT2D eigenvalue weighted by atomic mass is 19.1. The number of halogens is 1. The first-order valence-corrected chi connectivity index (χ1v) is 7.72. The van der Waals surface area contributed by atoms with E-state index in [0.717, 1.165) is 11.1 Å². The molecule has 0 aliphatic carbocycles. The Kier molecular flexibility index (Phi) is 4.70. The molecular weight excluding hydrogens is 321 g/mol. The van der Waals surface area contributed by atoms with Gasteiger partial charge in [-0.05, 0) is 36.2 Å². The highest BCUT2D eigenvalue weighted by Crippen LogP contribution is 2.28. The molecule has 0 aliphatic rings. The highest BCUT2D eigenvalue weighted by Gasteiger charge is 2.17. The van der Waals surface area contributed by atoms with Crippen LogP contribution in [-0.4, -0.2) is 9.91 Å². The van der Waals surface area contributed by atoms with Gasteiger partial charge in [-0.3, -0.25) is 10.1 Å². The zero-order valence-corrected chi connectivity index (χ0v) is 13.5. The average Bonchev–Trinajstić information content (AvgIpc) is 2.60. The number of benzene rings is 2. The summed E-state index contributed by atoms with van der Waals surface area (Å²) in [6.45, 7) is 1.66. The molecule has 0 fully saturated rings. The van der Waals surface area contributed by atoms with Crippen molar-refractivity contribution < 1.29 is 9.31 Å². The van der Waals surface area contributed by atoms with Gasteiger partial charge in [-0.15, -0.1) is 0 Å². The second-order valence-corrected chi connectivity index (χ2v) is 5.66. The van der Waals surface area contributed by atoms with E-state index in [0.29, 0.717) is 11.4 Å². The quantitative estimate of drug-likeness (QED) is 0.544. The van der Waals surface area contributed by atoms with Crippen LogP contribution in [0.4, 0.5) is 15.9 Å². The number of hydrogen-bond acceptors (Lipinski definition) is 4. The van der Waals surface area contributed by atoms with Gasteiger partial charge in [0.25, 0.3) is 5.69 Å². The van der Waals surface area contributed by atoms with Crippen molar-refractivity contribution in [3.05, 3.63) is 99.5 Å². The predicted molar refractivity (Wildman–Crippen MR) is 93.9 cm³/mol. The number of anilines is 1. The van der Waals surface area contributed by atoms with Crippen LogP contribution in [0.2, 0.25) is 0 Å². The summed E-state index contributed by atoms with van der Waals surface area (Å²) in [4.78, 5) is 14.6. The van der Waals surface area contributed by atoms with Gasteiger partial charge in [-0.2, -0.15) is 0 Å². The fraction of sp³-hybridized carbons (Fsp3) is 0.105. The molecule has 3 aromatic rings. The van der Waals surface area contributed by atoms with Crippen molar-refractivity contribution in [2.45, 2.75) is 13.0 Å². The molecule has 2 aromatic carbocycles. The maximum atomic E-state index is 13.7. The summed E-state index contributed by atoms with van der Waals surface area (Å²) >= 11 is 0. The van der Waals surface area contributed by atoms with Gasteiger partial charge < -0.3 is 5.32 Å². The van der Waals surface area contributed by atoms with Gasteiger partial charge in [0.15, 0.2) is 0 Å². The number of nitro groups is 1. The summed E-state index contributed by atoms with van der Waals surface area (Å²) in [6.07, 6.45) is 1.23. The molecule has 3 rings (SSSR count). The molecule has 6 heteroatoms. The fourth-order valence-corrected chi connectivity index (χ4v) is 2.66. The minimum absolute atomic E-state index is 0.0347. The van der Waals surface area contributed by atoms with Crippen molar-refractivity contribution in [2.75, 3.05) is 5.32 Å². The third-order valence-electron chi connectivity index (χ3n) is 3.89. The third-order valence-corrected chi connectivity index (χ3v) is 3.89. The van der Waals surface area contributed by atoms with Crippen LogP contribution in [-0.2, 0) is 0 Å². The van der Waals surface area contributed by atoms with Crippen molar-refractivity contribution in [1.82, 2.24) is 4.98 Å². The second-order valence-electron chi connectivity index (χ2n) is 5.66. The van der Waals surface area contributed by atoms with Gasteiger partial charge in [0.05, 0.1) is 11.0 Å². The van der Waals surface area contributed by atoms with Crippen molar-refractivity contribution in [1.29, 1.82) is 0 Å². The molecule has 1 unspecified atom stereocenters. The van der Waals surface area contributed by atoms with E-state index in [1.165, 1.54) is 18.3 Å². The van der Waals surface area contributed by atoms with Crippen LogP contribution in [0, 0.1) is 22.9 Å². The first kappa shape index (κ1) is 16.6. The molecular formula is C19H16FN3O2. The monoisotopic (exact) mass is 337 g/mol. The number of hydrogen-bond donors (Lipinski definition) is 1. The Balaban J connectivity index is 1.98. The Hall–Kier alpha value is -3.28. The van der Waals surface area contributed by atoms with Crippen LogP contribution in [0.1, 0.15) is 22.7 Å². The van der Waals surface area contributed by atoms with Gasteiger partial charge in [-0.25, -0.2) is 9.37 Å². The topological polar surface area (TPSA) is 68.1 Å². The van der Waals surface area contributed by atoms with Crippen molar-refractivity contribution in [3.63, 3.8) is 0 Å². The Labute approximate surface area is 144 Å². The summed E-state index contributed by atoms with van der Waals surface area (Å²) in [7, 11) is 0. The number of aryl methyl sites for hydroxylation is 1. The van der Waals surface area contributed by atoms with E-state index >= 15 is 0 Å². The summed E-state index contributed by atoms with van der Waals surface area (Å²) in [5.41, 5.74) is 2.15. The van der Waals surface area contributed by atoms with E-state index in [4.69, 9.17) is 0 Å². The number of pyridine rings is 1. The molecule has 5 nitrogen and oxygen atoms in total. The molecule has 1 atom stereocenters. The molecule has 1 N–H and O–H groups in total. The Bertz CT molecular complexity index is 900. The minimum Gasteiger partial charge on any atom is -0.359 e. The number of nitrogens with one attached hydrogen (secondary N) is 1. The van der Waals surface area contributed by atoms with E-state index in [9.17, 15) is 14.5 Å². The van der Waals surface area contributed by atoms with Gasteiger partial charge in [0, 0.05) is 5.56 Å². The van der Waals surface area contributed by atoms with Crippen LogP contribution < -0.4 is 5.32 Å². The Morgan fingerprint density at radius 1 is 1.08 bits per heavy atom. The summed E-state index contributed by atoms with van der Waals surface area (Å²) in [6, 6.07) is 17.2. The van der Waals surface area contributed by atoms with E-state index in [1.807, 2.05) is 36.4 Å². The molecule has 0 spiro atoms. The lowest BCUT2D eigenvalue weighted by Crippen LogP contribution is -2.13. The highest BCUT2D eigenvalue weighted by molar-refractivity contribution is 5.50. The lowest BCUT2D eigenvalue weighted by atomic mass is 9.98. The van der Waals surface area contributed by atoms with Crippen LogP contribution in [0.5, 0.6) is 0 Å². The summed E-state index contributed by atoms with van der Waals surface area (Å²) in [5, 5.41) is 14.2. The number of rotatable bonds is 5. The lowest BCUT2D eigenvalue weighted by molar-refractivity contribution is -0.385. The van der Waals surface area contributed by atoms with Crippen LogP contribution in [0.15, 0.2) is 66.9 Å². The minimum atomic E-state index is -0.465. The van der Waals surface area contributed by atoms with Crippen molar-refractivity contribution in [2.24, 2.45) is 0 Å². The first-order valence-electron chi connectivity index (χ1n) is 7.72. The maximum Gasteiger partial charge on any atom is 0.290 e. The Morgan fingerprint density at radius 3 is 2.44 bits per heavy atom. The van der Waals surface area contributed by atoms with E-state index in [2.05, 4.69) is 10.3 Å². The van der Waals surface area contributed by atoms with E-state index in [-0.39, 0.29) is 17.5 Å². The van der Waals surface area contributed by atoms with Crippen LogP contribution in [0.25, 0.3) is 0 Å². The molecule has 126 valence electrons. The van der Waals surface area contributed by atoms with Gasteiger partial charge in [0.2, 0.25) is 0 Å². The Morgan fingerprint density at radius 2 is 1.80 bits per heavy atom. The molecule has 0 saturated heterocycles. The average molecular weight is 337 g/mol. The normalized spacial score (nSPS) is 11.8. The van der Waals surface area contributed by atoms with E-state index in [1.54, 1.807) is 19.1 Å². The molecule has 1 heterocycles. The zero-order chi connectivity index (χ0) is 17.8. The predicted octanol–water partition coefficient (Wildman–Crippen LogP) is 4.64. The first-order chi connectivity index (χ1) is 12.0. The second kappa shape index (κ2) is 7.09. The number of aromatic nitrogens is 1.